The van der Waals surface area contributed by atoms with Crippen molar-refractivity contribution in [3.63, 3.8) is 0 Å². The molecule has 88 valence electrons. The summed E-state index contributed by atoms with van der Waals surface area (Å²) in [6, 6.07) is 4.14. The maximum Gasteiger partial charge on any atom is 0.159 e. The van der Waals surface area contributed by atoms with E-state index in [4.69, 9.17) is 0 Å². The quantitative estimate of drug-likeness (QED) is 0.684. The molecular weight excluding hydrogens is 210 g/mol. The van der Waals surface area contributed by atoms with Gasteiger partial charge in [-0.25, -0.2) is 0 Å². The molecule has 0 fully saturated rings. The summed E-state index contributed by atoms with van der Waals surface area (Å²) in [6.45, 7) is 7.10. The van der Waals surface area contributed by atoms with Crippen molar-refractivity contribution in [3.8, 4) is 0 Å². The van der Waals surface area contributed by atoms with E-state index in [0.29, 0.717) is 0 Å². The Kier molecular flexibility index (Phi) is 2.15. The zero-order chi connectivity index (χ0) is 12.2. The topological polar surface area (TPSA) is 22.0 Å². The van der Waals surface area contributed by atoms with Gasteiger partial charge in [0, 0.05) is 23.2 Å². The average Bonchev–Trinajstić information content (AvgIpc) is 2.57. The number of aryl methyl sites for hydroxylation is 3. The van der Waals surface area contributed by atoms with E-state index in [1.807, 2.05) is 0 Å². The Balaban J connectivity index is 2.45. The molecule has 0 amide bonds. The molecule has 1 aliphatic rings. The molecule has 0 spiro atoms. The summed E-state index contributed by atoms with van der Waals surface area (Å²) in [4.78, 5) is 11.6. The highest BCUT2D eigenvalue weighted by Gasteiger charge is 2.19. The van der Waals surface area contributed by atoms with Gasteiger partial charge in [0.25, 0.3) is 0 Å². The molecule has 0 radical (unpaired) electrons. The van der Waals surface area contributed by atoms with Crippen LogP contribution in [-0.4, -0.2) is 10.4 Å². The third-order valence-electron chi connectivity index (χ3n) is 4.04. The number of carbonyl (C=O) groups is 1. The third-order valence-corrected chi connectivity index (χ3v) is 4.04. The number of rotatable bonds is 1. The van der Waals surface area contributed by atoms with Crippen LogP contribution < -0.4 is 0 Å². The predicted molar refractivity (Wildman–Crippen MR) is 69.7 cm³/mol. The van der Waals surface area contributed by atoms with Crippen LogP contribution >= 0.6 is 0 Å². The van der Waals surface area contributed by atoms with Crippen molar-refractivity contribution in [2.45, 2.75) is 40.2 Å². The molecule has 2 nitrogen and oxygen atoms in total. The summed E-state index contributed by atoms with van der Waals surface area (Å²) in [6.07, 6.45) is 2.28. The van der Waals surface area contributed by atoms with Crippen molar-refractivity contribution in [3.05, 3.63) is 34.5 Å². The number of hydrogen-bond donors (Lipinski definition) is 0. The number of aromatic nitrogens is 1. The monoisotopic (exact) mass is 227 g/mol. The number of benzene rings is 1. The first-order chi connectivity index (χ1) is 8.09. The molecule has 0 unspecified atom stereocenters. The second-order valence-electron chi connectivity index (χ2n) is 5.05. The fourth-order valence-electron chi connectivity index (χ4n) is 2.97. The van der Waals surface area contributed by atoms with E-state index < -0.39 is 0 Å². The van der Waals surface area contributed by atoms with E-state index in [-0.39, 0.29) is 5.78 Å². The van der Waals surface area contributed by atoms with Gasteiger partial charge in [0.1, 0.15) is 0 Å². The number of ketones is 1. The second-order valence-corrected chi connectivity index (χ2v) is 5.05. The lowest BCUT2D eigenvalue weighted by Crippen LogP contribution is -2.09. The first kappa shape index (κ1) is 10.6. The van der Waals surface area contributed by atoms with Crippen molar-refractivity contribution in [2.24, 2.45) is 0 Å². The van der Waals surface area contributed by atoms with Crippen LogP contribution in [0.25, 0.3) is 10.9 Å². The highest BCUT2D eigenvalue weighted by Crippen LogP contribution is 2.33. The molecule has 0 saturated carbocycles. The van der Waals surface area contributed by atoms with Gasteiger partial charge in [-0.3, -0.25) is 4.79 Å². The van der Waals surface area contributed by atoms with Gasteiger partial charge < -0.3 is 4.57 Å². The zero-order valence-corrected chi connectivity index (χ0v) is 10.6. The normalized spacial score (nSPS) is 14.3. The molecular formula is C15H17NO. The average molecular weight is 227 g/mol. The number of hydrogen-bond acceptors (Lipinski definition) is 1. The zero-order valence-electron chi connectivity index (χ0n) is 10.6. The Labute approximate surface area is 101 Å². The largest absolute Gasteiger partial charge is 0.344 e. The van der Waals surface area contributed by atoms with Crippen LogP contribution in [0.15, 0.2) is 12.1 Å². The summed E-state index contributed by atoms with van der Waals surface area (Å²) in [5, 5.41) is 1.27. The number of nitrogens with zero attached hydrogens (tertiary/aromatic N) is 1. The Morgan fingerprint density at radius 1 is 1.29 bits per heavy atom. The fraction of sp³-hybridized carbons (Fsp3) is 0.400. The van der Waals surface area contributed by atoms with Crippen LogP contribution in [0, 0.1) is 13.8 Å². The van der Waals surface area contributed by atoms with Gasteiger partial charge in [0.2, 0.25) is 0 Å². The molecule has 1 aromatic heterocycles. The van der Waals surface area contributed by atoms with Crippen molar-refractivity contribution < 1.29 is 4.79 Å². The second kappa shape index (κ2) is 3.46. The van der Waals surface area contributed by atoms with Gasteiger partial charge in [0.05, 0.1) is 5.52 Å². The van der Waals surface area contributed by atoms with Crippen LogP contribution in [0.3, 0.4) is 0 Å². The Morgan fingerprint density at radius 3 is 2.76 bits per heavy atom. The van der Waals surface area contributed by atoms with E-state index in [2.05, 4.69) is 30.5 Å². The van der Waals surface area contributed by atoms with Crippen molar-refractivity contribution in [2.75, 3.05) is 0 Å². The third kappa shape index (κ3) is 1.36. The number of Topliss-reactive ketones (excluding diaryl/α,β-unsaturated/α-hetero) is 1. The Morgan fingerprint density at radius 2 is 2.06 bits per heavy atom. The minimum Gasteiger partial charge on any atom is -0.344 e. The lowest BCUT2D eigenvalue weighted by Gasteiger charge is -2.17. The van der Waals surface area contributed by atoms with E-state index in [1.165, 1.54) is 34.1 Å². The highest BCUT2D eigenvalue weighted by atomic mass is 16.1. The summed E-state index contributed by atoms with van der Waals surface area (Å²) < 4.78 is 2.41. The van der Waals surface area contributed by atoms with Gasteiger partial charge in [-0.05, 0) is 56.9 Å². The summed E-state index contributed by atoms with van der Waals surface area (Å²) in [5.41, 5.74) is 6.23. The minimum absolute atomic E-state index is 0.165. The van der Waals surface area contributed by atoms with Gasteiger partial charge in [-0.15, -0.1) is 0 Å². The molecule has 1 aromatic carbocycles. The molecule has 2 heteroatoms. The van der Waals surface area contributed by atoms with Crippen molar-refractivity contribution in [1.82, 2.24) is 4.57 Å². The standard InChI is InChI=1S/C15H17NO/c1-9-10(2)16-6-4-5-12-7-13(11(3)17)8-14(9)15(12)16/h7-8H,4-6H2,1-3H3. The lowest BCUT2D eigenvalue weighted by atomic mass is 9.98. The molecule has 1 aliphatic heterocycles. The van der Waals surface area contributed by atoms with E-state index >= 15 is 0 Å². The van der Waals surface area contributed by atoms with Crippen LogP contribution in [0.5, 0.6) is 0 Å². The molecule has 2 heterocycles. The molecule has 0 aliphatic carbocycles. The smallest absolute Gasteiger partial charge is 0.159 e. The van der Waals surface area contributed by atoms with E-state index in [0.717, 1.165) is 18.5 Å². The predicted octanol–water partition coefficient (Wildman–Crippen LogP) is 3.41. The van der Waals surface area contributed by atoms with Gasteiger partial charge in [-0.2, -0.15) is 0 Å². The van der Waals surface area contributed by atoms with Crippen LogP contribution in [0.2, 0.25) is 0 Å². The van der Waals surface area contributed by atoms with Crippen LogP contribution in [-0.2, 0) is 13.0 Å². The maximum atomic E-state index is 11.6. The van der Waals surface area contributed by atoms with Gasteiger partial charge in [0.15, 0.2) is 5.78 Å². The number of carbonyl (C=O) groups excluding carboxylic acids is 1. The van der Waals surface area contributed by atoms with Crippen molar-refractivity contribution >= 4 is 16.7 Å². The van der Waals surface area contributed by atoms with Crippen LogP contribution in [0.1, 0.15) is 40.5 Å². The Hall–Kier alpha value is -1.57. The molecule has 2 aromatic rings. The molecule has 0 saturated heterocycles. The minimum atomic E-state index is 0.165. The summed E-state index contributed by atoms with van der Waals surface area (Å²) >= 11 is 0. The molecule has 0 N–H and O–H groups in total. The van der Waals surface area contributed by atoms with E-state index in [1.54, 1.807) is 6.92 Å². The summed E-state index contributed by atoms with van der Waals surface area (Å²) in [5.74, 6) is 0.165. The fourth-order valence-corrected chi connectivity index (χ4v) is 2.97. The Bertz CT molecular complexity index is 634. The first-order valence-electron chi connectivity index (χ1n) is 6.23. The van der Waals surface area contributed by atoms with Gasteiger partial charge in [-0.1, -0.05) is 0 Å². The van der Waals surface area contributed by atoms with Gasteiger partial charge >= 0.3 is 0 Å². The maximum absolute atomic E-state index is 11.6. The molecule has 0 atom stereocenters. The summed E-state index contributed by atoms with van der Waals surface area (Å²) in [7, 11) is 0. The lowest BCUT2D eigenvalue weighted by molar-refractivity contribution is 0.101. The van der Waals surface area contributed by atoms with Crippen LogP contribution in [0.4, 0.5) is 0 Å². The SMILES string of the molecule is CC(=O)c1cc2c3c(c1)c(C)c(C)n3CCC2. The molecule has 0 bridgehead atoms. The highest BCUT2D eigenvalue weighted by molar-refractivity contribution is 6.00. The van der Waals surface area contributed by atoms with E-state index in [9.17, 15) is 4.79 Å². The molecule has 3 rings (SSSR count). The first-order valence-corrected chi connectivity index (χ1v) is 6.23. The molecule has 17 heavy (non-hydrogen) atoms. The van der Waals surface area contributed by atoms with Crippen molar-refractivity contribution in [1.29, 1.82) is 0 Å².